The van der Waals surface area contributed by atoms with E-state index in [1.165, 1.54) is 5.69 Å². The maximum absolute atomic E-state index is 11.8. The lowest BCUT2D eigenvalue weighted by Crippen LogP contribution is -2.52. The number of benzene rings is 1. The number of amides is 1. The van der Waals surface area contributed by atoms with Gasteiger partial charge in [-0.1, -0.05) is 0 Å². The van der Waals surface area contributed by atoms with Crippen molar-refractivity contribution in [1.82, 2.24) is 20.2 Å². The number of carbonyl (C=O) groups is 1. The smallest absolute Gasteiger partial charge is 0.237 e. The molecule has 3 heterocycles. The average Bonchev–Trinajstić information content (AvgIpc) is 3.01. The fraction of sp³-hybridized carbons (Fsp3) is 0.438. The van der Waals surface area contributed by atoms with E-state index in [-0.39, 0.29) is 11.9 Å². The van der Waals surface area contributed by atoms with E-state index in [1.54, 1.807) is 6.33 Å². The van der Waals surface area contributed by atoms with E-state index < -0.39 is 0 Å². The molecule has 1 atom stereocenters. The van der Waals surface area contributed by atoms with E-state index in [1.807, 2.05) is 12.3 Å². The SMILES string of the molecule is O=C1NCCC1N1CCN(c2ccc3ncncc3c2)CC1. The van der Waals surface area contributed by atoms with Gasteiger partial charge in [-0.15, -0.1) is 0 Å². The average molecular weight is 297 g/mol. The topological polar surface area (TPSA) is 61.4 Å². The summed E-state index contributed by atoms with van der Waals surface area (Å²) in [4.78, 5) is 24.8. The Morgan fingerprint density at radius 1 is 1.18 bits per heavy atom. The Labute approximate surface area is 129 Å². The van der Waals surface area contributed by atoms with E-state index in [2.05, 4.69) is 37.2 Å². The minimum absolute atomic E-state index is 0.0761. The molecule has 2 fully saturated rings. The number of aromatic nitrogens is 2. The third kappa shape index (κ3) is 2.39. The molecule has 0 aliphatic carbocycles. The summed E-state index contributed by atoms with van der Waals surface area (Å²) in [7, 11) is 0. The fourth-order valence-electron chi connectivity index (χ4n) is 3.39. The first-order valence-corrected chi connectivity index (χ1v) is 7.78. The largest absolute Gasteiger partial charge is 0.369 e. The molecular formula is C16H19N5O. The van der Waals surface area contributed by atoms with Gasteiger partial charge in [0.2, 0.25) is 5.91 Å². The first kappa shape index (κ1) is 13.5. The van der Waals surface area contributed by atoms with Crippen LogP contribution in [0.5, 0.6) is 0 Å². The Kier molecular flexibility index (Phi) is 3.38. The number of nitrogens with one attached hydrogen (secondary N) is 1. The molecule has 0 bridgehead atoms. The summed E-state index contributed by atoms with van der Waals surface area (Å²) in [6.07, 6.45) is 4.37. The van der Waals surface area contributed by atoms with Gasteiger partial charge in [-0.3, -0.25) is 9.69 Å². The molecule has 2 aliphatic rings. The molecule has 1 N–H and O–H groups in total. The van der Waals surface area contributed by atoms with Crippen molar-refractivity contribution >= 4 is 22.5 Å². The van der Waals surface area contributed by atoms with Crippen molar-refractivity contribution in [2.24, 2.45) is 0 Å². The highest BCUT2D eigenvalue weighted by Gasteiger charge is 2.32. The zero-order valence-corrected chi connectivity index (χ0v) is 12.4. The molecule has 2 aliphatic heterocycles. The highest BCUT2D eigenvalue weighted by molar-refractivity contribution is 5.84. The normalized spacial score (nSPS) is 23.0. The molecule has 4 rings (SSSR count). The minimum Gasteiger partial charge on any atom is -0.369 e. The van der Waals surface area contributed by atoms with E-state index in [0.29, 0.717) is 0 Å². The monoisotopic (exact) mass is 297 g/mol. The number of piperazine rings is 1. The molecule has 1 aromatic heterocycles. The molecule has 1 aromatic carbocycles. The van der Waals surface area contributed by atoms with Gasteiger partial charge >= 0.3 is 0 Å². The maximum Gasteiger partial charge on any atom is 0.237 e. The van der Waals surface area contributed by atoms with Gasteiger partial charge in [-0.2, -0.15) is 0 Å². The van der Waals surface area contributed by atoms with E-state index >= 15 is 0 Å². The van der Waals surface area contributed by atoms with Crippen LogP contribution >= 0.6 is 0 Å². The molecule has 2 saturated heterocycles. The van der Waals surface area contributed by atoms with Crippen molar-refractivity contribution in [3.05, 3.63) is 30.7 Å². The Balaban J connectivity index is 1.47. The van der Waals surface area contributed by atoms with Gasteiger partial charge in [0.15, 0.2) is 0 Å². The molecule has 1 amide bonds. The molecule has 1 unspecified atom stereocenters. The Bertz CT molecular complexity index is 696. The molecular weight excluding hydrogens is 278 g/mol. The quantitative estimate of drug-likeness (QED) is 0.881. The van der Waals surface area contributed by atoms with Crippen molar-refractivity contribution < 1.29 is 4.79 Å². The number of hydrogen-bond donors (Lipinski definition) is 1. The third-order valence-corrected chi connectivity index (χ3v) is 4.63. The van der Waals surface area contributed by atoms with Crippen molar-refractivity contribution in [3.63, 3.8) is 0 Å². The van der Waals surface area contributed by atoms with Gasteiger partial charge in [-0.05, 0) is 24.6 Å². The van der Waals surface area contributed by atoms with Gasteiger partial charge in [-0.25, -0.2) is 9.97 Å². The Morgan fingerprint density at radius 2 is 2.05 bits per heavy atom. The summed E-state index contributed by atoms with van der Waals surface area (Å²) in [6, 6.07) is 6.39. The minimum atomic E-state index is 0.0761. The van der Waals surface area contributed by atoms with Crippen molar-refractivity contribution in [2.45, 2.75) is 12.5 Å². The highest BCUT2D eigenvalue weighted by Crippen LogP contribution is 2.22. The zero-order valence-electron chi connectivity index (χ0n) is 12.4. The van der Waals surface area contributed by atoms with E-state index in [4.69, 9.17) is 0 Å². The van der Waals surface area contributed by atoms with Gasteiger partial charge in [0, 0.05) is 50.0 Å². The molecule has 0 spiro atoms. The number of hydrogen-bond acceptors (Lipinski definition) is 5. The molecule has 0 radical (unpaired) electrons. The number of anilines is 1. The van der Waals surface area contributed by atoms with Crippen LogP contribution in [0.3, 0.4) is 0 Å². The summed E-state index contributed by atoms with van der Waals surface area (Å²) in [5, 5.41) is 3.99. The standard InChI is InChI=1S/C16H19N5O/c22-16-15(3-4-18-16)21-7-5-20(6-8-21)13-1-2-14-12(9-13)10-17-11-19-14/h1-2,9-11,15H,3-8H2,(H,18,22). The first-order valence-electron chi connectivity index (χ1n) is 7.78. The van der Waals surface area contributed by atoms with Crippen LogP contribution in [-0.4, -0.2) is 59.5 Å². The lowest BCUT2D eigenvalue weighted by Gasteiger charge is -2.38. The zero-order chi connectivity index (χ0) is 14.9. The number of fused-ring (bicyclic) bond motifs is 1. The predicted molar refractivity (Wildman–Crippen MR) is 84.7 cm³/mol. The first-order chi connectivity index (χ1) is 10.8. The second kappa shape index (κ2) is 5.53. The maximum atomic E-state index is 11.8. The lowest BCUT2D eigenvalue weighted by molar-refractivity contribution is -0.123. The second-order valence-electron chi connectivity index (χ2n) is 5.88. The van der Waals surface area contributed by atoms with Crippen molar-refractivity contribution in [1.29, 1.82) is 0 Å². The summed E-state index contributed by atoms with van der Waals surface area (Å²) < 4.78 is 0. The second-order valence-corrected chi connectivity index (χ2v) is 5.88. The van der Waals surface area contributed by atoms with Gasteiger partial charge in [0.1, 0.15) is 6.33 Å². The molecule has 0 saturated carbocycles. The molecule has 6 nitrogen and oxygen atoms in total. The number of carbonyl (C=O) groups excluding carboxylic acids is 1. The fourth-order valence-corrected chi connectivity index (χ4v) is 3.39. The summed E-state index contributed by atoms with van der Waals surface area (Å²) in [6.45, 7) is 4.57. The highest BCUT2D eigenvalue weighted by atomic mass is 16.2. The van der Waals surface area contributed by atoms with Gasteiger partial charge < -0.3 is 10.2 Å². The van der Waals surface area contributed by atoms with Crippen LogP contribution in [0.4, 0.5) is 5.69 Å². The number of nitrogens with zero attached hydrogens (tertiary/aromatic N) is 4. The Hall–Kier alpha value is -2.21. The van der Waals surface area contributed by atoms with Gasteiger partial charge in [0.25, 0.3) is 0 Å². The molecule has 114 valence electrons. The van der Waals surface area contributed by atoms with Crippen LogP contribution in [0.25, 0.3) is 10.9 Å². The third-order valence-electron chi connectivity index (χ3n) is 4.63. The van der Waals surface area contributed by atoms with Crippen molar-refractivity contribution in [2.75, 3.05) is 37.6 Å². The van der Waals surface area contributed by atoms with Crippen molar-refractivity contribution in [3.8, 4) is 0 Å². The summed E-state index contributed by atoms with van der Waals surface area (Å²) >= 11 is 0. The molecule has 6 heteroatoms. The Morgan fingerprint density at radius 3 is 2.82 bits per heavy atom. The van der Waals surface area contributed by atoms with E-state index in [9.17, 15) is 4.79 Å². The summed E-state index contributed by atoms with van der Waals surface area (Å²) in [5.41, 5.74) is 2.18. The lowest BCUT2D eigenvalue weighted by atomic mass is 10.1. The van der Waals surface area contributed by atoms with Crippen LogP contribution in [0.2, 0.25) is 0 Å². The van der Waals surface area contributed by atoms with Crippen LogP contribution < -0.4 is 10.2 Å². The molecule has 22 heavy (non-hydrogen) atoms. The van der Waals surface area contributed by atoms with E-state index in [0.717, 1.165) is 50.0 Å². The van der Waals surface area contributed by atoms with Crippen LogP contribution in [0.1, 0.15) is 6.42 Å². The van der Waals surface area contributed by atoms with Crippen LogP contribution in [0, 0.1) is 0 Å². The summed E-state index contributed by atoms with van der Waals surface area (Å²) in [5.74, 6) is 0.191. The predicted octanol–water partition coefficient (Wildman–Crippen LogP) is 0.640. The van der Waals surface area contributed by atoms with Gasteiger partial charge in [0.05, 0.1) is 11.6 Å². The number of rotatable bonds is 2. The molecule has 2 aromatic rings. The van der Waals surface area contributed by atoms with Crippen LogP contribution in [-0.2, 0) is 4.79 Å². The van der Waals surface area contributed by atoms with Crippen LogP contribution in [0.15, 0.2) is 30.7 Å².